The molecule has 3 heteroatoms. The normalized spacial score (nSPS) is 17.9. The van der Waals surface area contributed by atoms with Gasteiger partial charge in [-0.2, -0.15) is 0 Å². The molecule has 1 aromatic carbocycles. The average molecular weight is 221 g/mol. The van der Waals surface area contributed by atoms with E-state index in [2.05, 4.69) is 5.32 Å². The van der Waals surface area contributed by atoms with Crippen molar-refractivity contribution >= 4 is 5.78 Å². The number of aryl methyl sites for hydroxylation is 1. The minimum absolute atomic E-state index is 0.0262. The fourth-order valence-corrected chi connectivity index (χ4v) is 1.98. The highest BCUT2D eigenvalue weighted by Crippen LogP contribution is 2.22. The molecule has 1 aliphatic heterocycles. The van der Waals surface area contributed by atoms with Gasteiger partial charge in [-0.1, -0.05) is 13.0 Å². The predicted molar refractivity (Wildman–Crippen MR) is 61.0 cm³/mol. The summed E-state index contributed by atoms with van der Waals surface area (Å²) in [5, 5.41) is 3.15. The molecule has 1 unspecified atom stereocenters. The van der Waals surface area contributed by atoms with Crippen molar-refractivity contribution in [2.75, 3.05) is 13.1 Å². The lowest BCUT2D eigenvalue weighted by molar-refractivity contribution is 0.0853. The maximum atomic E-state index is 13.1. The van der Waals surface area contributed by atoms with Crippen molar-refractivity contribution in [3.05, 3.63) is 35.1 Å². The number of halogens is 1. The second-order valence-corrected chi connectivity index (χ2v) is 4.53. The highest BCUT2D eigenvalue weighted by atomic mass is 19.1. The number of rotatable bonds is 3. The maximum Gasteiger partial charge on any atom is 0.166 e. The van der Waals surface area contributed by atoms with Gasteiger partial charge in [-0.05, 0) is 43.6 Å². The third-order valence-corrected chi connectivity index (χ3v) is 3.40. The number of ketones is 1. The molecule has 0 saturated carbocycles. The Morgan fingerprint density at radius 3 is 2.75 bits per heavy atom. The Hall–Kier alpha value is -1.22. The van der Waals surface area contributed by atoms with E-state index in [1.54, 1.807) is 6.07 Å². The first-order valence-electron chi connectivity index (χ1n) is 5.60. The molecule has 0 aromatic heterocycles. The van der Waals surface area contributed by atoms with E-state index < -0.39 is 0 Å². The van der Waals surface area contributed by atoms with Gasteiger partial charge < -0.3 is 5.32 Å². The molecule has 0 aliphatic carbocycles. The number of hydrogen-bond acceptors (Lipinski definition) is 2. The van der Waals surface area contributed by atoms with Crippen LogP contribution < -0.4 is 5.32 Å². The Morgan fingerprint density at radius 1 is 1.50 bits per heavy atom. The molecule has 0 spiro atoms. The molecule has 0 bridgehead atoms. The van der Waals surface area contributed by atoms with Crippen LogP contribution in [0.5, 0.6) is 0 Å². The molecule has 1 aliphatic rings. The first-order chi connectivity index (χ1) is 7.59. The molecule has 1 saturated heterocycles. The lowest BCUT2D eigenvalue weighted by atomic mass is 9.82. The monoisotopic (exact) mass is 221 g/mol. The summed E-state index contributed by atoms with van der Waals surface area (Å²) in [6, 6.07) is 4.40. The van der Waals surface area contributed by atoms with Crippen molar-refractivity contribution in [3.8, 4) is 0 Å². The molecule has 0 radical (unpaired) electrons. The van der Waals surface area contributed by atoms with E-state index in [-0.39, 0.29) is 17.5 Å². The van der Waals surface area contributed by atoms with E-state index >= 15 is 0 Å². The first kappa shape index (κ1) is 11.3. The van der Waals surface area contributed by atoms with Gasteiger partial charge >= 0.3 is 0 Å². The Kier molecular flexibility index (Phi) is 3.06. The van der Waals surface area contributed by atoms with Crippen molar-refractivity contribution in [2.45, 2.75) is 13.8 Å². The molecule has 2 rings (SSSR count). The lowest BCUT2D eigenvalue weighted by Gasteiger charge is -2.32. The van der Waals surface area contributed by atoms with E-state index in [9.17, 15) is 9.18 Å². The van der Waals surface area contributed by atoms with Crippen LogP contribution in [-0.4, -0.2) is 18.9 Å². The number of nitrogens with one attached hydrogen (secondary N) is 1. The highest BCUT2D eigenvalue weighted by molar-refractivity contribution is 5.99. The van der Waals surface area contributed by atoms with Gasteiger partial charge in [0.05, 0.1) is 0 Å². The molecule has 1 aromatic rings. The Balaban J connectivity index is 2.22. The molecule has 1 fully saturated rings. The Bertz CT molecular complexity index is 412. The lowest BCUT2D eigenvalue weighted by Crippen LogP contribution is -2.47. The summed E-state index contributed by atoms with van der Waals surface area (Å²) in [7, 11) is 0. The van der Waals surface area contributed by atoms with Gasteiger partial charge in [0.25, 0.3) is 0 Å². The fraction of sp³-hybridized carbons (Fsp3) is 0.462. The molecule has 1 N–H and O–H groups in total. The smallest absolute Gasteiger partial charge is 0.166 e. The van der Waals surface area contributed by atoms with E-state index in [1.807, 2.05) is 13.8 Å². The highest BCUT2D eigenvalue weighted by Gasteiger charge is 2.29. The second-order valence-electron chi connectivity index (χ2n) is 4.53. The zero-order valence-electron chi connectivity index (χ0n) is 9.59. The molecule has 1 heterocycles. The summed E-state index contributed by atoms with van der Waals surface area (Å²) in [6.07, 6.45) is 0. The van der Waals surface area contributed by atoms with Crippen molar-refractivity contribution in [1.29, 1.82) is 0 Å². The van der Waals surface area contributed by atoms with Crippen LogP contribution in [0.1, 0.15) is 22.8 Å². The zero-order chi connectivity index (χ0) is 11.7. The Morgan fingerprint density at radius 2 is 2.19 bits per heavy atom. The molecule has 86 valence electrons. The van der Waals surface area contributed by atoms with E-state index in [1.165, 1.54) is 12.1 Å². The van der Waals surface area contributed by atoms with Crippen molar-refractivity contribution in [1.82, 2.24) is 5.32 Å². The van der Waals surface area contributed by atoms with Crippen LogP contribution in [-0.2, 0) is 0 Å². The van der Waals surface area contributed by atoms with Crippen molar-refractivity contribution in [2.24, 2.45) is 11.8 Å². The molecule has 16 heavy (non-hydrogen) atoms. The van der Waals surface area contributed by atoms with Crippen LogP contribution in [0, 0.1) is 24.6 Å². The SMILES string of the molecule is Cc1ccc(F)cc1C(=O)C(C)C1CNC1. The molecule has 1 atom stereocenters. The van der Waals surface area contributed by atoms with Gasteiger partial charge in [-0.15, -0.1) is 0 Å². The number of hydrogen-bond donors (Lipinski definition) is 1. The van der Waals surface area contributed by atoms with Gasteiger partial charge in [0, 0.05) is 11.5 Å². The van der Waals surface area contributed by atoms with Gasteiger partial charge in [-0.3, -0.25) is 4.79 Å². The van der Waals surface area contributed by atoms with Gasteiger partial charge in [0.2, 0.25) is 0 Å². The van der Waals surface area contributed by atoms with Crippen LogP contribution in [0.25, 0.3) is 0 Å². The number of benzene rings is 1. The summed E-state index contributed by atoms with van der Waals surface area (Å²) >= 11 is 0. The average Bonchev–Trinajstić information content (AvgIpc) is 2.18. The molecule has 0 amide bonds. The number of Topliss-reactive ketones (excluding diaryl/α,β-unsaturated/α-hetero) is 1. The van der Waals surface area contributed by atoms with Gasteiger partial charge in [0.15, 0.2) is 5.78 Å². The summed E-state index contributed by atoms with van der Waals surface area (Å²) < 4.78 is 13.1. The van der Waals surface area contributed by atoms with Crippen LogP contribution in [0.4, 0.5) is 4.39 Å². The van der Waals surface area contributed by atoms with E-state index in [4.69, 9.17) is 0 Å². The predicted octanol–water partition coefficient (Wildman–Crippen LogP) is 2.17. The van der Waals surface area contributed by atoms with Crippen LogP contribution >= 0.6 is 0 Å². The first-order valence-corrected chi connectivity index (χ1v) is 5.60. The van der Waals surface area contributed by atoms with E-state index in [0.717, 1.165) is 18.7 Å². The van der Waals surface area contributed by atoms with Crippen LogP contribution in [0.15, 0.2) is 18.2 Å². The van der Waals surface area contributed by atoms with Crippen LogP contribution in [0.3, 0.4) is 0 Å². The third-order valence-electron chi connectivity index (χ3n) is 3.40. The van der Waals surface area contributed by atoms with Crippen molar-refractivity contribution in [3.63, 3.8) is 0 Å². The van der Waals surface area contributed by atoms with Crippen LogP contribution in [0.2, 0.25) is 0 Å². The summed E-state index contributed by atoms with van der Waals surface area (Å²) in [5.41, 5.74) is 1.38. The number of carbonyl (C=O) groups is 1. The number of carbonyl (C=O) groups excluding carboxylic acids is 1. The third kappa shape index (κ3) is 2.00. The largest absolute Gasteiger partial charge is 0.316 e. The zero-order valence-corrected chi connectivity index (χ0v) is 9.59. The summed E-state index contributed by atoms with van der Waals surface area (Å²) in [4.78, 5) is 12.2. The maximum absolute atomic E-state index is 13.1. The van der Waals surface area contributed by atoms with Gasteiger partial charge in [0.1, 0.15) is 5.82 Å². The standard InChI is InChI=1S/C13H16FNO/c1-8-3-4-11(14)5-12(8)13(16)9(2)10-6-15-7-10/h3-5,9-10,15H,6-7H2,1-2H3. The summed E-state index contributed by atoms with van der Waals surface area (Å²) in [6.45, 7) is 5.55. The fourth-order valence-electron chi connectivity index (χ4n) is 1.98. The van der Waals surface area contributed by atoms with E-state index in [0.29, 0.717) is 11.5 Å². The van der Waals surface area contributed by atoms with Gasteiger partial charge in [-0.25, -0.2) is 4.39 Å². The summed E-state index contributed by atoms with van der Waals surface area (Å²) in [5.74, 6) is 0.0910. The minimum atomic E-state index is -0.340. The Labute approximate surface area is 94.9 Å². The van der Waals surface area contributed by atoms with Crippen molar-refractivity contribution < 1.29 is 9.18 Å². The molecular weight excluding hydrogens is 205 g/mol. The minimum Gasteiger partial charge on any atom is -0.316 e. The molecule has 2 nitrogen and oxygen atoms in total. The quantitative estimate of drug-likeness (QED) is 0.792. The second kappa shape index (κ2) is 4.34. The molecular formula is C13H16FNO. The topological polar surface area (TPSA) is 29.1 Å².